The van der Waals surface area contributed by atoms with E-state index in [0.29, 0.717) is 17.1 Å². The Morgan fingerprint density at radius 3 is 2.72 bits per heavy atom. The number of piperidine rings is 1. The lowest BCUT2D eigenvalue weighted by Crippen LogP contribution is -2.45. The summed E-state index contributed by atoms with van der Waals surface area (Å²) in [5, 5.41) is 11.7. The van der Waals surface area contributed by atoms with Crippen LogP contribution in [0.1, 0.15) is 40.2 Å². The Bertz CT molecular complexity index is 721. The highest BCUT2D eigenvalue weighted by atomic mass is 35.5. The molecule has 7 heteroatoms. The van der Waals surface area contributed by atoms with Crippen LogP contribution in [0.4, 0.5) is 0 Å². The second kappa shape index (κ2) is 8.70. The van der Waals surface area contributed by atoms with E-state index in [1.165, 1.54) is 0 Å². The normalized spacial score (nSPS) is 17.0. The van der Waals surface area contributed by atoms with Gasteiger partial charge in [-0.15, -0.1) is 12.4 Å². The van der Waals surface area contributed by atoms with Crippen molar-refractivity contribution in [3.63, 3.8) is 0 Å². The van der Waals surface area contributed by atoms with Gasteiger partial charge in [0, 0.05) is 23.3 Å². The maximum Gasteiger partial charge on any atom is 0.255 e. The average Bonchev–Trinajstić information content (AvgIpc) is 2.84. The minimum atomic E-state index is -0.0268. The summed E-state index contributed by atoms with van der Waals surface area (Å²) in [5.74, 6) is -0.0268. The molecule has 1 aliphatic heterocycles. The number of carbonyl (C=O) groups is 1. The second-order valence-electron chi connectivity index (χ2n) is 6.35. The number of carbonyl (C=O) groups excluding carboxylic acids is 1. The van der Waals surface area contributed by atoms with Gasteiger partial charge in [0.1, 0.15) is 0 Å². The molecule has 1 aliphatic rings. The zero-order valence-electron chi connectivity index (χ0n) is 14.5. The molecule has 0 aliphatic carbocycles. The average molecular weight is 383 g/mol. The maximum atomic E-state index is 12.7. The van der Waals surface area contributed by atoms with Crippen LogP contribution in [-0.4, -0.2) is 34.8 Å². The Morgan fingerprint density at radius 1 is 1.36 bits per heavy atom. The van der Waals surface area contributed by atoms with Gasteiger partial charge in [0.05, 0.1) is 17.8 Å². The van der Waals surface area contributed by atoms with Gasteiger partial charge in [-0.2, -0.15) is 5.10 Å². The van der Waals surface area contributed by atoms with Crippen LogP contribution in [0, 0.1) is 13.8 Å². The Hall–Kier alpha value is -1.56. The molecule has 5 nitrogen and oxygen atoms in total. The topological polar surface area (TPSA) is 59.0 Å². The van der Waals surface area contributed by atoms with E-state index in [1.807, 2.05) is 42.8 Å². The van der Waals surface area contributed by atoms with E-state index in [1.54, 1.807) is 0 Å². The van der Waals surface area contributed by atoms with Gasteiger partial charge >= 0.3 is 0 Å². The third-order valence-corrected chi connectivity index (χ3v) is 4.74. The van der Waals surface area contributed by atoms with E-state index < -0.39 is 0 Å². The molecule has 1 aromatic carbocycles. The summed E-state index contributed by atoms with van der Waals surface area (Å²) in [5.41, 5.74) is 3.45. The highest BCUT2D eigenvalue weighted by molar-refractivity contribution is 6.30. The summed E-state index contributed by atoms with van der Waals surface area (Å²) < 4.78 is 1.88. The summed E-state index contributed by atoms with van der Waals surface area (Å²) in [4.78, 5) is 12.7. The fraction of sp³-hybridized carbons (Fsp3) is 0.444. The van der Waals surface area contributed by atoms with Gasteiger partial charge in [-0.3, -0.25) is 9.48 Å². The van der Waals surface area contributed by atoms with Crippen LogP contribution in [0.2, 0.25) is 5.02 Å². The molecule has 0 spiro atoms. The molecular formula is C18H24Cl2N4O. The fourth-order valence-electron chi connectivity index (χ4n) is 3.17. The molecular weight excluding hydrogens is 359 g/mol. The van der Waals surface area contributed by atoms with Crippen LogP contribution >= 0.6 is 24.0 Å². The third kappa shape index (κ3) is 4.75. The molecule has 2 aromatic rings. The number of nitrogens with one attached hydrogen (secondary N) is 2. The molecule has 25 heavy (non-hydrogen) atoms. The molecule has 0 radical (unpaired) electrons. The quantitative estimate of drug-likeness (QED) is 0.853. The summed E-state index contributed by atoms with van der Waals surface area (Å²) in [6.07, 6.45) is 2.12. The van der Waals surface area contributed by atoms with E-state index in [-0.39, 0.29) is 24.4 Å². The van der Waals surface area contributed by atoms with Crippen molar-refractivity contribution in [3.05, 3.63) is 51.8 Å². The van der Waals surface area contributed by atoms with E-state index >= 15 is 0 Å². The third-order valence-electron chi connectivity index (χ3n) is 4.49. The van der Waals surface area contributed by atoms with Crippen molar-refractivity contribution in [2.24, 2.45) is 0 Å². The SMILES string of the molecule is Cc1nn(Cc2ccc(Cl)cc2)c(C)c1C(=O)N[C@H]1CCCNC1.Cl. The van der Waals surface area contributed by atoms with Gasteiger partial charge < -0.3 is 10.6 Å². The van der Waals surface area contributed by atoms with Crippen LogP contribution in [-0.2, 0) is 6.54 Å². The van der Waals surface area contributed by atoms with E-state index in [9.17, 15) is 4.79 Å². The zero-order chi connectivity index (χ0) is 17.1. The summed E-state index contributed by atoms with van der Waals surface area (Å²) in [6, 6.07) is 7.89. The van der Waals surface area contributed by atoms with Crippen molar-refractivity contribution in [2.75, 3.05) is 13.1 Å². The molecule has 1 aromatic heterocycles. The molecule has 1 amide bonds. The number of aryl methyl sites for hydroxylation is 1. The van der Waals surface area contributed by atoms with Gasteiger partial charge in [0.15, 0.2) is 0 Å². The second-order valence-corrected chi connectivity index (χ2v) is 6.78. The Labute approximate surface area is 159 Å². The van der Waals surface area contributed by atoms with Gasteiger partial charge in [0.2, 0.25) is 0 Å². The monoisotopic (exact) mass is 382 g/mol. The van der Waals surface area contributed by atoms with Crippen molar-refractivity contribution >= 4 is 29.9 Å². The van der Waals surface area contributed by atoms with Crippen LogP contribution in [0.15, 0.2) is 24.3 Å². The lowest BCUT2D eigenvalue weighted by molar-refractivity contribution is 0.0929. The first-order valence-electron chi connectivity index (χ1n) is 8.34. The number of benzene rings is 1. The van der Waals surface area contributed by atoms with Crippen molar-refractivity contribution < 1.29 is 4.79 Å². The molecule has 1 fully saturated rings. The predicted octanol–water partition coefficient (Wildman–Crippen LogP) is 3.11. The molecule has 136 valence electrons. The molecule has 3 rings (SSSR count). The Kier molecular flexibility index (Phi) is 6.87. The fourth-order valence-corrected chi connectivity index (χ4v) is 3.30. The summed E-state index contributed by atoms with van der Waals surface area (Å²) in [6.45, 7) is 6.33. The first kappa shape index (κ1) is 19.8. The summed E-state index contributed by atoms with van der Waals surface area (Å²) in [7, 11) is 0. The smallest absolute Gasteiger partial charge is 0.255 e. The van der Waals surface area contributed by atoms with Crippen molar-refractivity contribution in [3.8, 4) is 0 Å². The molecule has 2 N–H and O–H groups in total. The van der Waals surface area contributed by atoms with E-state index in [0.717, 1.165) is 42.9 Å². The standard InChI is InChI=1S/C18H23ClN4O.ClH/c1-12-17(18(24)21-16-4-3-9-20-10-16)13(2)23(22-12)11-14-5-7-15(19)8-6-14;/h5-8,16,20H,3-4,9-11H2,1-2H3,(H,21,24);1H/t16-;/m0./s1. The van der Waals surface area contributed by atoms with Gasteiger partial charge in [0.25, 0.3) is 5.91 Å². The van der Waals surface area contributed by atoms with Crippen LogP contribution < -0.4 is 10.6 Å². The van der Waals surface area contributed by atoms with Crippen LogP contribution in [0.25, 0.3) is 0 Å². The van der Waals surface area contributed by atoms with Gasteiger partial charge in [-0.1, -0.05) is 23.7 Å². The van der Waals surface area contributed by atoms with Crippen molar-refractivity contribution in [1.29, 1.82) is 0 Å². The highest BCUT2D eigenvalue weighted by Crippen LogP contribution is 2.17. The lowest BCUT2D eigenvalue weighted by atomic mass is 10.1. The number of hydrogen-bond donors (Lipinski definition) is 2. The van der Waals surface area contributed by atoms with Crippen molar-refractivity contribution in [2.45, 2.75) is 39.3 Å². The number of nitrogens with zero attached hydrogens (tertiary/aromatic N) is 2. The first-order valence-corrected chi connectivity index (χ1v) is 8.72. The summed E-state index contributed by atoms with van der Waals surface area (Å²) >= 11 is 5.93. The maximum absolute atomic E-state index is 12.7. The van der Waals surface area contributed by atoms with E-state index in [4.69, 9.17) is 11.6 Å². The molecule has 0 unspecified atom stereocenters. The number of aromatic nitrogens is 2. The number of halogens is 2. The van der Waals surface area contributed by atoms with Gasteiger partial charge in [-0.05, 0) is 50.9 Å². The Balaban J connectivity index is 0.00000225. The highest BCUT2D eigenvalue weighted by Gasteiger charge is 2.22. The van der Waals surface area contributed by atoms with Crippen molar-refractivity contribution in [1.82, 2.24) is 20.4 Å². The number of hydrogen-bond acceptors (Lipinski definition) is 3. The number of amides is 1. The van der Waals surface area contributed by atoms with Crippen LogP contribution in [0.3, 0.4) is 0 Å². The largest absolute Gasteiger partial charge is 0.348 e. The minimum Gasteiger partial charge on any atom is -0.348 e. The number of rotatable bonds is 4. The zero-order valence-corrected chi connectivity index (χ0v) is 16.1. The molecule has 0 saturated carbocycles. The van der Waals surface area contributed by atoms with Crippen LogP contribution in [0.5, 0.6) is 0 Å². The molecule has 2 heterocycles. The Morgan fingerprint density at radius 2 is 2.08 bits per heavy atom. The van der Waals surface area contributed by atoms with E-state index in [2.05, 4.69) is 15.7 Å². The molecule has 0 bridgehead atoms. The lowest BCUT2D eigenvalue weighted by Gasteiger charge is -2.23. The molecule has 1 atom stereocenters. The van der Waals surface area contributed by atoms with Gasteiger partial charge in [-0.25, -0.2) is 0 Å². The minimum absolute atomic E-state index is 0. The first-order chi connectivity index (χ1) is 11.5. The predicted molar refractivity (Wildman–Crippen MR) is 103 cm³/mol. The molecule has 1 saturated heterocycles.